The van der Waals surface area contributed by atoms with E-state index in [2.05, 4.69) is 24.8 Å². The van der Waals surface area contributed by atoms with Crippen LogP contribution in [0.15, 0.2) is 42.5 Å². The molecular weight excluding hydrogens is 167 g/mol. The molecule has 55 valence electrons. The first-order valence-electron chi connectivity index (χ1n) is 3.00. The van der Waals surface area contributed by atoms with E-state index < -0.39 is 0 Å². The quantitative estimate of drug-likeness (QED) is 0.447. The topological polar surface area (TPSA) is 0 Å². The predicted molar refractivity (Wildman–Crippen MR) is 39.9 cm³/mol. The molecule has 0 nitrogen and oxygen atoms in total. The Balaban J connectivity index is 0.000000810. The molecule has 0 atom stereocenters. The molecule has 1 heteroatoms. The fourth-order valence-corrected chi connectivity index (χ4v) is 0.708. The fraction of sp³-hybridized carbons (Fsp3) is 0.111. The maximum Gasteiger partial charge on any atom is 0 e. The zero-order chi connectivity index (χ0) is 6.53. The first kappa shape index (κ1) is 9.47. The van der Waals surface area contributed by atoms with Crippen molar-refractivity contribution in [1.82, 2.24) is 0 Å². The van der Waals surface area contributed by atoms with Gasteiger partial charge in [0, 0.05) is 16.8 Å². The van der Waals surface area contributed by atoms with E-state index in [1.165, 1.54) is 0 Å². The van der Waals surface area contributed by atoms with Crippen molar-refractivity contribution in [3.8, 4) is 0 Å². The van der Waals surface area contributed by atoms with Crippen molar-refractivity contribution in [2.24, 2.45) is 0 Å². The normalized spacial score (nSPS) is 15.0. The zero-order valence-electron chi connectivity index (χ0n) is 5.63. The van der Waals surface area contributed by atoms with Crippen LogP contribution in [0.2, 0.25) is 0 Å². The maximum absolute atomic E-state index is 3.57. The molecule has 0 saturated carbocycles. The van der Waals surface area contributed by atoms with Gasteiger partial charge in [0.15, 0.2) is 0 Å². The molecule has 0 aromatic rings. The van der Waals surface area contributed by atoms with Crippen molar-refractivity contribution in [1.29, 1.82) is 0 Å². The van der Waals surface area contributed by atoms with E-state index in [1.54, 1.807) is 6.08 Å². The van der Waals surface area contributed by atoms with Crippen LogP contribution in [0.5, 0.6) is 0 Å². The number of allylic oxidation sites excluding steroid dienone is 7. The van der Waals surface area contributed by atoms with Gasteiger partial charge in [0.05, 0.1) is 0 Å². The Labute approximate surface area is 72.2 Å². The molecule has 0 aromatic carbocycles. The second-order valence-electron chi connectivity index (χ2n) is 1.83. The molecule has 0 aromatic heterocycles. The molecule has 1 aliphatic rings. The molecule has 0 N–H and O–H groups in total. The van der Waals surface area contributed by atoms with E-state index in [-0.39, 0.29) is 16.8 Å². The third-order valence-corrected chi connectivity index (χ3v) is 1.13. The maximum atomic E-state index is 3.57. The summed E-state index contributed by atoms with van der Waals surface area (Å²) in [4.78, 5) is 0. The van der Waals surface area contributed by atoms with Gasteiger partial charge in [-0.3, -0.25) is 0 Å². The molecular formula is C9H9Co-. The Morgan fingerprint density at radius 2 is 2.40 bits per heavy atom. The van der Waals surface area contributed by atoms with Crippen LogP contribution in [0, 0.1) is 6.08 Å². The van der Waals surface area contributed by atoms with Crippen LogP contribution in [0.4, 0.5) is 0 Å². The first-order chi connectivity index (χ1) is 4.43. The average Bonchev–Trinajstić information content (AvgIpc) is 2.34. The van der Waals surface area contributed by atoms with Crippen LogP contribution < -0.4 is 0 Å². The van der Waals surface area contributed by atoms with E-state index in [0.29, 0.717) is 0 Å². The smallest absolute Gasteiger partial charge is 0 e. The molecule has 0 bridgehead atoms. The summed E-state index contributed by atoms with van der Waals surface area (Å²) in [6.45, 7) is 3.57. The van der Waals surface area contributed by atoms with Crippen molar-refractivity contribution in [2.45, 2.75) is 6.42 Å². The van der Waals surface area contributed by atoms with E-state index in [9.17, 15) is 0 Å². The van der Waals surface area contributed by atoms with Crippen molar-refractivity contribution in [3.63, 3.8) is 0 Å². The molecule has 0 aliphatic heterocycles. The first-order valence-corrected chi connectivity index (χ1v) is 3.00. The number of rotatable bonds is 2. The van der Waals surface area contributed by atoms with Crippen molar-refractivity contribution in [3.05, 3.63) is 48.6 Å². The van der Waals surface area contributed by atoms with Crippen LogP contribution in [-0.4, -0.2) is 0 Å². The van der Waals surface area contributed by atoms with Gasteiger partial charge >= 0.3 is 0 Å². The molecule has 1 radical (unpaired) electrons. The molecule has 0 heterocycles. The van der Waals surface area contributed by atoms with Crippen LogP contribution in [0.3, 0.4) is 0 Å². The Bertz CT molecular complexity index is 185. The van der Waals surface area contributed by atoms with Crippen molar-refractivity contribution in [2.75, 3.05) is 0 Å². The van der Waals surface area contributed by atoms with Crippen LogP contribution >= 0.6 is 0 Å². The third-order valence-electron chi connectivity index (χ3n) is 1.13. The van der Waals surface area contributed by atoms with E-state index >= 15 is 0 Å². The summed E-state index contributed by atoms with van der Waals surface area (Å²) in [5, 5.41) is 0. The van der Waals surface area contributed by atoms with Gasteiger partial charge in [0.2, 0.25) is 0 Å². The fourth-order valence-electron chi connectivity index (χ4n) is 0.708. The van der Waals surface area contributed by atoms with Crippen LogP contribution in [-0.2, 0) is 16.8 Å². The third kappa shape index (κ3) is 2.85. The Morgan fingerprint density at radius 1 is 1.60 bits per heavy atom. The molecule has 0 fully saturated rings. The Kier molecular flexibility index (Phi) is 4.99. The zero-order valence-corrected chi connectivity index (χ0v) is 6.68. The van der Waals surface area contributed by atoms with Gasteiger partial charge in [-0.15, -0.1) is 18.7 Å². The van der Waals surface area contributed by atoms with Gasteiger partial charge in [-0.2, -0.15) is 23.8 Å². The summed E-state index contributed by atoms with van der Waals surface area (Å²) in [5.41, 5.74) is 1.16. The Morgan fingerprint density at radius 3 is 2.90 bits per heavy atom. The van der Waals surface area contributed by atoms with Gasteiger partial charge in [0.1, 0.15) is 0 Å². The van der Waals surface area contributed by atoms with E-state index in [1.807, 2.05) is 12.2 Å². The number of hydrogen-bond donors (Lipinski definition) is 0. The number of hydrogen-bond acceptors (Lipinski definition) is 0. The van der Waals surface area contributed by atoms with Crippen molar-refractivity contribution >= 4 is 0 Å². The molecule has 0 saturated heterocycles. The second-order valence-corrected chi connectivity index (χ2v) is 1.83. The summed E-state index contributed by atoms with van der Waals surface area (Å²) in [7, 11) is 0. The standard InChI is InChI=1S/C9H9.Co/c1-2-3-6-9-7-4-5-8-9;/h2-4,6-7H,1,5H2;/q-1;. The molecule has 10 heavy (non-hydrogen) atoms. The molecule has 0 spiro atoms. The van der Waals surface area contributed by atoms with Crippen LogP contribution in [0.25, 0.3) is 0 Å². The summed E-state index contributed by atoms with van der Waals surface area (Å²) >= 11 is 0. The average molecular weight is 176 g/mol. The summed E-state index contributed by atoms with van der Waals surface area (Å²) in [6.07, 6.45) is 13.9. The molecule has 1 rings (SSSR count). The summed E-state index contributed by atoms with van der Waals surface area (Å²) in [6, 6.07) is 0. The summed E-state index contributed by atoms with van der Waals surface area (Å²) in [5.74, 6) is 0. The molecule has 0 amide bonds. The van der Waals surface area contributed by atoms with E-state index in [4.69, 9.17) is 0 Å². The second kappa shape index (κ2) is 5.27. The largest absolute Gasteiger partial charge is 0.198 e. The van der Waals surface area contributed by atoms with Gasteiger partial charge < -0.3 is 0 Å². The minimum Gasteiger partial charge on any atom is -0.198 e. The molecule has 1 aliphatic carbocycles. The van der Waals surface area contributed by atoms with Gasteiger partial charge in [0.25, 0.3) is 0 Å². The minimum atomic E-state index is 0. The van der Waals surface area contributed by atoms with Gasteiger partial charge in [-0.05, 0) is 0 Å². The minimum absolute atomic E-state index is 0. The van der Waals surface area contributed by atoms with E-state index in [0.717, 1.165) is 12.0 Å². The van der Waals surface area contributed by atoms with Crippen molar-refractivity contribution < 1.29 is 16.8 Å². The Hall–Kier alpha value is -0.534. The monoisotopic (exact) mass is 176 g/mol. The summed E-state index contributed by atoms with van der Waals surface area (Å²) < 4.78 is 0. The van der Waals surface area contributed by atoms with Crippen LogP contribution in [0.1, 0.15) is 6.42 Å². The van der Waals surface area contributed by atoms with Gasteiger partial charge in [-0.25, -0.2) is 0 Å². The SMILES string of the molecule is C=CC=CC1=[C-]CC=C1.[Co]. The van der Waals surface area contributed by atoms with Gasteiger partial charge in [-0.1, -0.05) is 12.5 Å². The molecule has 0 unspecified atom stereocenters. The predicted octanol–water partition coefficient (Wildman–Crippen LogP) is 2.42.